The molecule has 0 aromatic carbocycles. The van der Waals surface area contributed by atoms with Crippen LogP contribution >= 0.6 is 0 Å². The van der Waals surface area contributed by atoms with Crippen LogP contribution in [0, 0.1) is 0 Å². The Morgan fingerprint density at radius 1 is 1.45 bits per heavy atom. The summed E-state index contributed by atoms with van der Waals surface area (Å²) in [7, 11) is -4.67. The van der Waals surface area contributed by atoms with Gasteiger partial charge in [-0.05, 0) is 0 Å². The molecule has 0 aliphatic carbocycles. The summed E-state index contributed by atoms with van der Waals surface area (Å²) in [6, 6.07) is -0.199. The first-order valence-corrected chi connectivity index (χ1v) is 3.72. The van der Waals surface area contributed by atoms with Crippen molar-refractivity contribution < 1.29 is 38.6 Å². The Labute approximate surface area is 80.2 Å². The zero-order valence-corrected chi connectivity index (χ0v) is 8.81. The van der Waals surface area contributed by atoms with Gasteiger partial charge in [-0.2, -0.15) is 21.0 Å². The van der Waals surface area contributed by atoms with Crippen molar-refractivity contribution in [3.8, 4) is 0 Å². The predicted molar refractivity (Wildman–Crippen MR) is 37.1 cm³/mol. The van der Waals surface area contributed by atoms with Crippen LogP contribution in [0.25, 0.3) is 11.5 Å². The Morgan fingerprint density at radius 2 is 1.55 bits per heavy atom. The maximum atomic E-state index is 8.74. The molecule has 0 fully saturated rings. The molecule has 0 aromatic rings. The maximum absolute atomic E-state index is 8.74. The van der Waals surface area contributed by atoms with E-state index in [4.69, 9.17) is 29.0 Å². The van der Waals surface area contributed by atoms with Gasteiger partial charge in [0.1, 0.15) is 0 Å². The molecule has 0 spiro atoms. The van der Waals surface area contributed by atoms with E-state index >= 15 is 0 Å². The minimum Gasteiger partial charge on any atom is -0.679 e. The molecule has 72 valence electrons. The van der Waals surface area contributed by atoms with Crippen LogP contribution in [0.4, 0.5) is 0 Å². The van der Waals surface area contributed by atoms with Gasteiger partial charge >= 0.3 is 31.5 Å². The second-order valence-electron chi connectivity index (χ2n) is 1.55. The third kappa shape index (κ3) is 123. The van der Waals surface area contributed by atoms with Crippen molar-refractivity contribution >= 4 is 10.4 Å². The van der Waals surface area contributed by atoms with E-state index in [0.29, 0.717) is 0 Å². The fourth-order valence-electron chi connectivity index (χ4n) is 0. The molecule has 1 unspecified atom stereocenters. The summed E-state index contributed by atoms with van der Waals surface area (Å²) in [5, 5.41) is 0. The number of hydrogen-bond acceptors (Lipinski definition) is 2. The molecule has 6 nitrogen and oxygen atoms in total. The summed E-state index contributed by atoms with van der Waals surface area (Å²) < 4.78 is 31.6. The van der Waals surface area contributed by atoms with Crippen molar-refractivity contribution in [1.82, 2.24) is 0 Å². The van der Waals surface area contributed by atoms with Crippen LogP contribution in [-0.4, -0.2) is 30.1 Å². The summed E-state index contributed by atoms with van der Waals surface area (Å²) >= 11 is 0. The van der Waals surface area contributed by atoms with Gasteiger partial charge in [0, 0.05) is 0 Å². The topological polar surface area (TPSA) is 122 Å². The zero-order valence-electron chi connectivity index (χ0n) is 5.72. The predicted octanol–water partition coefficient (Wildman–Crippen LogP) is 0.824. The van der Waals surface area contributed by atoms with E-state index in [1.807, 2.05) is 0 Å². The zero-order chi connectivity index (χ0) is 8.78. The van der Waals surface area contributed by atoms with E-state index in [0.717, 1.165) is 0 Å². The standard InChI is InChI=1S/C3H8N2.H2O4S.Pt/c1-3(5)2-4;1-5(2,3)4;/h3-5H,2H2,1H3;(H2,1,2,3,4);/q-2;;+2. The monoisotopic (exact) mass is 365 g/mol. The molecule has 0 saturated carbocycles. The van der Waals surface area contributed by atoms with Gasteiger partial charge in [-0.1, -0.05) is 6.92 Å². The minimum atomic E-state index is -4.67. The average Bonchev–Trinajstić information content (AvgIpc) is 1.61. The first-order valence-electron chi connectivity index (χ1n) is 2.33. The molecule has 0 aliphatic heterocycles. The third-order valence-corrected chi connectivity index (χ3v) is 0.306. The van der Waals surface area contributed by atoms with Crippen molar-refractivity contribution in [2.24, 2.45) is 0 Å². The summed E-state index contributed by atoms with van der Waals surface area (Å²) in [5.41, 5.74) is 13.1. The van der Waals surface area contributed by atoms with E-state index in [-0.39, 0.29) is 33.7 Å². The van der Waals surface area contributed by atoms with Crippen molar-refractivity contribution in [3.05, 3.63) is 11.5 Å². The average molecular weight is 365 g/mol. The van der Waals surface area contributed by atoms with Gasteiger partial charge in [-0.25, -0.2) is 0 Å². The molecule has 0 radical (unpaired) electrons. The van der Waals surface area contributed by atoms with Gasteiger partial charge < -0.3 is 11.5 Å². The first-order chi connectivity index (χ1) is 4.27. The van der Waals surface area contributed by atoms with Gasteiger partial charge in [0.2, 0.25) is 0 Å². The van der Waals surface area contributed by atoms with Crippen molar-refractivity contribution in [2.45, 2.75) is 13.0 Å². The maximum Gasteiger partial charge on any atom is 2.00 e. The molecule has 4 N–H and O–H groups in total. The minimum absolute atomic E-state index is 0. The fraction of sp³-hybridized carbons (Fsp3) is 1.00. The Morgan fingerprint density at radius 3 is 1.55 bits per heavy atom. The van der Waals surface area contributed by atoms with Gasteiger partial charge in [-0.3, -0.25) is 9.11 Å². The van der Waals surface area contributed by atoms with E-state index in [1.54, 1.807) is 6.92 Å². The summed E-state index contributed by atoms with van der Waals surface area (Å²) in [6.45, 7) is 1.92. The Hall–Kier alpha value is 0.478. The van der Waals surface area contributed by atoms with Crippen LogP contribution < -0.4 is 0 Å². The van der Waals surface area contributed by atoms with Crippen LogP contribution in [0.1, 0.15) is 6.92 Å². The molecule has 0 bridgehead atoms. The molecule has 1 atom stereocenters. The summed E-state index contributed by atoms with van der Waals surface area (Å²) in [5.74, 6) is 0. The Bertz CT molecular complexity index is 149. The van der Waals surface area contributed by atoms with Crippen molar-refractivity contribution in [2.75, 3.05) is 6.54 Å². The Kier molecular flexibility index (Phi) is 13.7. The second kappa shape index (κ2) is 8.57. The van der Waals surface area contributed by atoms with E-state index in [1.165, 1.54) is 0 Å². The molecule has 0 aliphatic rings. The molecular weight excluding hydrogens is 355 g/mol. The van der Waals surface area contributed by atoms with Crippen LogP contribution in [0.5, 0.6) is 0 Å². The van der Waals surface area contributed by atoms with Crippen molar-refractivity contribution in [3.63, 3.8) is 0 Å². The number of hydrogen-bond donors (Lipinski definition) is 2. The molecular formula is C3H10N2O4PtS. The van der Waals surface area contributed by atoms with Gasteiger partial charge in [0.05, 0.1) is 0 Å². The normalized spacial score (nSPS) is 12.1. The Balaban J connectivity index is -0.000000107. The van der Waals surface area contributed by atoms with Gasteiger partial charge in [-0.15, -0.1) is 0 Å². The first kappa shape index (κ1) is 17.5. The quantitative estimate of drug-likeness (QED) is 0.668. The van der Waals surface area contributed by atoms with Gasteiger partial charge in [0.15, 0.2) is 0 Å². The van der Waals surface area contributed by atoms with Gasteiger partial charge in [0.25, 0.3) is 0 Å². The molecule has 0 saturated heterocycles. The second-order valence-corrected chi connectivity index (χ2v) is 2.45. The van der Waals surface area contributed by atoms with E-state index in [2.05, 4.69) is 0 Å². The third-order valence-electron chi connectivity index (χ3n) is 0.306. The van der Waals surface area contributed by atoms with Crippen LogP contribution in [-0.2, 0) is 31.5 Å². The van der Waals surface area contributed by atoms with Crippen LogP contribution in [0.3, 0.4) is 0 Å². The molecule has 0 amide bonds. The fourth-order valence-corrected chi connectivity index (χ4v) is 0. The smallest absolute Gasteiger partial charge is 0.679 e. The summed E-state index contributed by atoms with van der Waals surface area (Å²) in [4.78, 5) is 0. The van der Waals surface area contributed by atoms with Crippen LogP contribution in [0.2, 0.25) is 0 Å². The van der Waals surface area contributed by atoms with E-state index < -0.39 is 10.4 Å². The SMILES string of the molecule is CC([NH-])C[NH-].O=S(=O)(O)O.[Pt+2]. The van der Waals surface area contributed by atoms with Crippen LogP contribution in [0.15, 0.2) is 0 Å². The van der Waals surface area contributed by atoms with Crippen molar-refractivity contribution in [1.29, 1.82) is 0 Å². The number of nitrogens with one attached hydrogen (secondary N) is 2. The molecule has 0 aromatic heterocycles. The molecule has 8 heteroatoms. The largest absolute Gasteiger partial charge is 2.00 e. The van der Waals surface area contributed by atoms with E-state index in [9.17, 15) is 0 Å². The molecule has 11 heavy (non-hydrogen) atoms. The summed E-state index contributed by atoms with van der Waals surface area (Å²) in [6.07, 6.45) is 0. The number of rotatable bonds is 1. The molecule has 0 rings (SSSR count). The molecule has 0 heterocycles.